The lowest BCUT2D eigenvalue weighted by molar-refractivity contribution is -0.144. The summed E-state index contributed by atoms with van der Waals surface area (Å²) >= 11 is 0. The van der Waals surface area contributed by atoms with Gasteiger partial charge in [-0.1, -0.05) is 12.1 Å². The summed E-state index contributed by atoms with van der Waals surface area (Å²) in [4.78, 5) is 62.3. The first-order valence-electron chi connectivity index (χ1n) is 10.6. The Hall–Kier alpha value is -3.43. The third-order valence-electron chi connectivity index (χ3n) is 5.75. The Balaban J connectivity index is 1.51. The summed E-state index contributed by atoms with van der Waals surface area (Å²) in [6, 6.07) is 4.01. The molecule has 10 heteroatoms. The predicted octanol–water partition coefficient (Wildman–Crippen LogP) is -0.425. The van der Waals surface area contributed by atoms with Crippen molar-refractivity contribution in [1.29, 1.82) is 0 Å². The van der Waals surface area contributed by atoms with Gasteiger partial charge >= 0.3 is 0 Å². The van der Waals surface area contributed by atoms with Gasteiger partial charge in [0.1, 0.15) is 17.8 Å². The molecule has 0 bridgehead atoms. The number of rotatable bonds is 8. The van der Waals surface area contributed by atoms with Crippen molar-refractivity contribution in [3.63, 3.8) is 0 Å². The lowest BCUT2D eigenvalue weighted by atomic mass is 10.1. The van der Waals surface area contributed by atoms with E-state index in [0.29, 0.717) is 31.6 Å². The van der Waals surface area contributed by atoms with Gasteiger partial charge in [0, 0.05) is 19.5 Å². The molecule has 4 amide bonds. The smallest absolute Gasteiger partial charge is 0.289 e. The first-order valence-corrected chi connectivity index (χ1v) is 10.6. The molecule has 172 valence electrons. The molecule has 2 atom stereocenters. The highest BCUT2D eigenvalue weighted by Gasteiger charge is 2.37. The Morgan fingerprint density at radius 2 is 1.97 bits per heavy atom. The second kappa shape index (κ2) is 10.3. The number of hydrogen-bond acceptors (Lipinski definition) is 6. The van der Waals surface area contributed by atoms with Crippen LogP contribution < -0.4 is 20.7 Å². The molecule has 0 aromatic heterocycles. The van der Waals surface area contributed by atoms with E-state index in [0.717, 1.165) is 11.1 Å². The molecule has 0 aliphatic carbocycles. The summed E-state index contributed by atoms with van der Waals surface area (Å²) in [6.07, 6.45) is 1.65. The van der Waals surface area contributed by atoms with Crippen molar-refractivity contribution in [1.82, 2.24) is 20.9 Å². The summed E-state index contributed by atoms with van der Waals surface area (Å²) in [5.41, 5.74) is 1.75. The minimum Gasteiger partial charge on any atom is -0.496 e. The number of carbonyl (C=O) groups excluding carboxylic acids is 5. The van der Waals surface area contributed by atoms with Gasteiger partial charge in [-0.25, -0.2) is 0 Å². The van der Waals surface area contributed by atoms with Crippen LogP contribution in [0, 0.1) is 6.92 Å². The molecule has 0 radical (unpaired) electrons. The highest BCUT2D eigenvalue weighted by Crippen LogP contribution is 2.20. The molecule has 0 spiro atoms. The number of ether oxygens (including phenoxy) is 1. The van der Waals surface area contributed by atoms with Gasteiger partial charge in [0.15, 0.2) is 0 Å². The molecule has 2 heterocycles. The highest BCUT2D eigenvalue weighted by atomic mass is 16.5. The quantitative estimate of drug-likeness (QED) is 0.466. The molecule has 10 nitrogen and oxygen atoms in total. The largest absolute Gasteiger partial charge is 0.496 e. The standard InChI is InChI=1S/C22H28N4O6/c1-13-5-6-14(10-17(13)32-2)11-23-22(31)20(29)16-4-3-9-26(16)19(28)12-24-21(30)15-7-8-18(27)25-15/h5-6,10,15-16H,3-4,7-9,11-12H2,1-2H3,(H,23,31)(H,24,30)(H,25,27). The van der Waals surface area contributed by atoms with Crippen LogP contribution in [0.5, 0.6) is 5.75 Å². The Labute approximate surface area is 186 Å². The van der Waals surface area contributed by atoms with Crippen LogP contribution in [0.1, 0.15) is 36.8 Å². The summed E-state index contributed by atoms with van der Waals surface area (Å²) < 4.78 is 5.26. The molecule has 3 N–H and O–H groups in total. The molecule has 1 aromatic carbocycles. The Kier molecular flexibility index (Phi) is 7.45. The molecule has 0 saturated carbocycles. The van der Waals surface area contributed by atoms with Crippen LogP contribution in [0.4, 0.5) is 0 Å². The van der Waals surface area contributed by atoms with Crippen LogP contribution in [-0.2, 0) is 30.5 Å². The molecular formula is C22H28N4O6. The van der Waals surface area contributed by atoms with Gasteiger partial charge in [0.2, 0.25) is 23.5 Å². The van der Waals surface area contributed by atoms with Crippen LogP contribution in [0.25, 0.3) is 0 Å². The van der Waals surface area contributed by atoms with E-state index in [9.17, 15) is 24.0 Å². The second-order valence-corrected chi connectivity index (χ2v) is 7.97. The van der Waals surface area contributed by atoms with E-state index in [-0.39, 0.29) is 25.4 Å². The number of likely N-dealkylation sites (tertiary alicyclic amines) is 1. The molecule has 2 fully saturated rings. The van der Waals surface area contributed by atoms with Gasteiger partial charge in [-0.15, -0.1) is 0 Å². The van der Waals surface area contributed by atoms with Crippen molar-refractivity contribution in [2.45, 2.75) is 51.2 Å². The minimum atomic E-state index is -0.849. The lowest BCUT2D eigenvalue weighted by Gasteiger charge is -2.23. The number of amides is 4. The van der Waals surface area contributed by atoms with Gasteiger partial charge in [0.05, 0.1) is 13.7 Å². The van der Waals surface area contributed by atoms with E-state index < -0.39 is 35.6 Å². The molecule has 2 aliphatic heterocycles. The Bertz CT molecular complexity index is 931. The van der Waals surface area contributed by atoms with Crippen molar-refractivity contribution in [3.05, 3.63) is 29.3 Å². The summed E-state index contributed by atoms with van der Waals surface area (Å²) in [7, 11) is 1.56. The van der Waals surface area contributed by atoms with Crippen molar-refractivity contribution in [2.24, 2.45) is 0 Å². The maximum Gasteiger partial charge on any atom is 0.289 e. The Morgan fingerprint density at radius 3 is 2.66 bits per heavy atom. The second-order valence-electron chi connectivity index (χ2n) is 7.97. The number of ketones is 1. The maximum atomic E-state index is 12.7. The van der Waals surface area contributed by atoms with E-state index in [2.05, 4.69) is 16.0 Å². The van der Waals surface area contributed by atoms with Gasteiger partial charge < -0.3 is 25.6 Å². The van der Waals surface area contributed by atoms with Gasteiger partial charge in [0.25, 0.3) is 5.91 Å². The zero-order valence-corrected chi connectivity index (χ0v) is 18.2. The van der Waals surface area contributed by atoms with E-state index in [1.165, 1.54) is 4.90 Å². The number of benzene rings is 1. The fourth-order valence-electron chi connectivity index (χ4n) is 3.93. The zero-order valence-electron chi connectivity index (χ0n) is 18.2. The molecule has 2 saturated heterocycles. The summed E-state index contributed by atoms with van der Waals surface area (Å²) in [5, 5.41) is 7.65. The number of Topliss-reactive ketones (excluding diaryl/α,β-unsaturated/α-hetero) is 1. The first-order chi connectivity index (χ1) is 15.3. The molecule has 2 unspecified atom stereocenters. The van der Waals surface area contributed by atoms with Crippen molar-refractivity contribution in [2.75, 3.05) is 20.2 Å². The Morgan fingerprint density at radius 1 is 1.19 bits per heavy atom. The fourth-order valence-corrected chi connectivity index (χ4v) is 3.93. The van der Waals surface area contributed by atoms with Crippen molar-refractivity contribution in [3.8, 4) is 5.75 Å². The van der Waals surface area contributed by atoms with E-state index in [1.54, 1.807) is 13.2 Å². The van der Waals surface area contributed by atoms with Crippen LogP contribution >= 0.6 is 0 Å². The topological polar surface area (TPSA) is 134 Å². The number of nitrogens with one attached hydrogen (secondary N) is 3. The van der Waals surface area contributed by atoms with Crippen LogP contribution in [0.2, 0.25) is 0 Å². The highest BCUT2D eigenvalue weighted by molar-refractivity contribution is 6.38. The van der Waals surface area contributed by atoms with Gasteiger partial charge in [-0.2, -0.15) is 0 Å². The summed E-state index contributed by atoms with van der Waals surface area (Å²) in [6.45, 7) is 2.11. The van der Waals surface area contributed by atoms with Crippen LogP contribution in [0.3, 0.4) is 0 Å². The van der Waals surface area contributed by atoms with E-state index in [4.69, 9.17) is 4.74 Å². The average molecular weight is 444 g/mol. The monoisotopic (exact) mass is 444 g/mol. The molecule has 3 rings (SSSR count). The van der Waals surface area contributed by atoms with Crippen LogP contribution in [-0.4, -0.2) is 66.6 Å². The van der Waals surface area contributed by atoms with Crippen molar-refractivity contribution < 1.29 is 28.7 Å². The fraction of sp³-hybridized carbons (Fsp3) is 0.500. The van der Waals surface area contributed by atoms with Gasteiger partial charge in [-0.3, -0.25) is 24.0 Å². The predicted molar refractivity (Wildman–Crippen MR) is 113 cm³/mol. The molecule has 32 heavy (non-hydrogen) atoms. The number of carbonyl (C=O) groups is 5. The number of hydrogen-bond donors (Lipinski definition) is 3. The third kappa shape index (κ3) is 5.43. The third-order valence-corrected chi connectivity index (χ3v) is 5.75. The summed E-state index contributed by atoms with van der Waals surface area (Å²) in [5.74, 6) is -1.81. The zero-order chi connectivity index (χ0) is 23.3. The SMILES string of the molecule is COc1cc(CNC(=O)C(=O)C2CCCN2C(=O)CNC(=O)C2CCC(=O)N2)ccc1C. The van der Waals surface area contributed by atoms with Crippen molar-refractivity contribution >= 4 is 29.4 Å². The molecule has 2 aliphatic rings. The molecular weight excluding hydrogens is 416 g/mol. The number of nitrogens with zero attached hydrogens (tertiary/aromatic N) is 1. The van der Waals surface area contributed by atoms with Gasteiger partial charge in [-0.05, 0) is 43.4 Å². The lowest BCUT2D eigenvalue weighted by Crippen LogP contribution is -2.50. The average Bonchev–Trinajstić information content (AvgIpc) is 3.45. The van der Waals surface area contributed by atoms with E-state index >= 15 is 0 Å². The van der Waals surface area contributed by atoms with Crippen LogP contribution in [0.15, 0.2) is 18.2 Å². The minimum absolute atomic E-state index is 0.158. The number of methoxy groups -OCH3 is 1. The normalized spacial score (nSPS) is 19.9. The van der Waals surface area contributed by atoms with E-state index in [1.807, 2.05) is 19.1 Å². The first kappa shape index (κ1) is 23.2. The molecule has 1 aromatic rings. The number of aryl methyl sites for hydroxylation is 1. The maximum absolute atomic E-state index is 12.7.